The fourth-order valence-corrected chi connectivity index (χ4v) is 2.36. The van der Waals surface area contributed by atoms with E-state index in [9.17, 15) is 4.39 Å². The Kier molecular flexibility index (Phi) is 4.53. The molecule has 0 spiro atoms. The van der Waals surface area contributed by atoms with Crippen molar-refractivity contribution in [3.05, 3.63) is 53.7 Å². The number of pyridine rings is 1. The van der Waals surface area contributed by atoms with E-state index in [1.165, 1.54) is 5.56 Å². The Hall–Kier alpha value is -1.70. The molecule has 1 aromatic heterocycles. The number of aryl methyl sites for hydroxylation is 1. The van der Waals surface area contributed by atoms with Gasteiger partial charge < -0.3 is 0 Å². The van der Waals surface area contributed by atoms with Crippen molar-refractivity contribution in [3.63, 3.8) is 0 Å². The molecule has 0 aliphatic carbocycles. The largest absolute Gasteiger partial charge is 0.256 e. The van der Waals surface area contributed by atoms with E-state index in [4.69, 9.17) is 0 Å². The molecule has 0 aliphatic rings. The SMILES string of the molecule is CCCc1ccnc(-c2ccc(CC(C)(C)F)cc2)c1. The summed E-state index contributed by atoms with van der Waals surface area (Å²) < 4.78 is 13.6. The standard InChI is InChI=1S/C18H22FN/c1-4-5-14-10-11-20-17(12-14)16-8-6-15(7-9-16)13-18(2,3)19/h6-12H,4-5,13H2,1-3H3. The summed E-state index contributed by atoms with van der Waals surface area (Å²) >= 11 is 0. The van der Waals surface area contributed by atoms with Crippen molar-refractivity contribution >= 4 is 0 Å². The molecule has 0 N–H and O–H groups in total. The van der Waals surface area contributed by atoms with Gasteiger partial charge in [-0.25, -0.2) is 4.39 Å². The lowest BCUT2D eigenvalue weighted by atomic mass is 9.98. The summed E-state index contributed by atoms with van der Waals surface area (Å²) in [6.07, 6.45) is 4.51. The number of rotatable bonds is 5. The van der Waals surface area contributed by atoms with Crippen molar-refractivity contribution in [3.8, 4) is 11.3 Å². The van der Waals surface area contributed by atoms with Crippen LogP contribution in [0.1, 0.15) is 38.3 Å². The zero-order valence-electron chi connectivity index (χ0n) is 12.5. The van der Waals surface area contributed by atoms with E-state index in [2.05, 4.69) is 24.0 Å². The molecule has 2 rings (SSSR count). The molecule has 0 atom stereocenters. The van der Waals surface area contributed by atoms with Crippen LogP contribution in [0.2, 0.25) is 0 Å². The van der Waals surface area contributed by atoms with Crippen LogP contribution in [-0.2, 0) is 12.8 Å². The predicted octanol–water partition coefficient (Wildman–Crippen LogP) is 4.99. The van der Waals surface area contributed by atoms with E-state index in [0.717, 1.165) is 29.7 Å². The Morgan fingerprint density at radius 3 is 2.35 bits per heavy atom. The minimum Gasteiger partial charge on any atom is -0.256 e. The van der Waals surface area contributed by atoms with E-state index in [1.807, 2.05) is 30.5 Å². The molecular formula is C18H22FN. The lowest BCUT2D eigenvalue weighted by Crippen LogP contribution is -2.15. The first-order valence-electron chi connectivity index (χ1n) is 7.21. The molecule has 0 aliphatic heterocycles. The Morgan fingerprint density at radius 2 is 1.75 bits per heavy atom. The number of benzene rings is 1. The average Bonchev–Trinajstić information content (AvgIpc) is 2.38. The summed E-state index contributed by atoms with van der Waals surface area (Å²) in [6, 6.07) is 12.2. The first-order chi connectivity index (χ1) is 9.48. The highest BCUT2D eigenvalue weighted by atomic mass is 19.1. The number of alkyl halides is 1. The van der Waals surface area contributed by atoms with Gasteiger partial charge in [-0.15, -0.1) is 0 Å². The molecular weight excluding hydrogens is 249 g/mol. The van der Waals surface area contributed by atoms with Crippen molar-refractivity contribution in [2.75, 3.05) is 0 Å². The molecule has 106 valence electrons. The third-order valence-corrected chi connectivity index (χ3v) is 3.24. The Morgan fingerprint density at radius 1 is 1.05 bits per heavy atom. The minimum atomic E-state index is -1.17. The summed E-state index contributed by atoms with van der Waals surface area (Å²) in [5.74, 6) is 0. The summed E-state index contributed by atoms with van der Waals surface area (Å²) in [4.78, 5) is 4.42. The minimum absolute atomic E-state index is 0.441. The maximum atomic E-state index is 13.6. The lowest BCUT2D eigenvalue weighted by molar-refractivity contribution is 0.217. The van der Waals surface area contributed by atoms with Gasteiger partial charge in [-0.3, -0.25) is 4.98 Å². The van der Waals surface area contributed by atoms with Crippen molar-refractivity contribution < 1.29 is 4.39 Å². The van der Waals surface area contributed by atoms with Crippen molar-refractivity contribution in [2.24, 2.45) is 0 Å². The van der Waals surface area contributed by atoms with Crippen molar-refractivity contribution in [1.29, 1.82) is 0 Å². The topological polar surface area (TPSA) is 12.9 Å². The highest BCUT2D eigenvalue weighted by Crippen LogP contribution is 2.22. The number of nitrogens with zero attached hydrogens (tertiary/aromatic N) is 1. The van der Waals surface area contributed by atoms with Crippen LogP contribution in [0.25, 0.3) is 11.3 Å². The fourth-order valence-electron chi connectivity index (χ4n) is 2.36. The van der Waals surface area contributed by atoms with Gasteiger partial charge in [0.05, 0.1) is 5.69 Å². The second kappa shape index (κ2) is 6.17. The number of hydrogen-bond donors (Lipinski definition) is 0. The van der Waals surface area contributed by atoms with Gasteiger partial charge >= 0.3 is 0 Å². The highest BCUT2D eigenvalue weighted by molar-refractivity contribution is 5.60. The van der Waals surface area contributed by atoms with Crippen LogP contribution < -0.4 is 0 Å². The van der Waals surface area contributed by atoms with Gasteiger partial charge in [0.25, 0.3) is 0 Å². The van der Waals surface area contributed by atoms with Crippen LogP contribution >= 0.6 is 0 Å². The highest BCUT2D eigenvalue weighted by Gasteiger charge is 2.15. The van der Waals surface area contributed by atoms with Gasteiger partial charge in [0.1, 0.15) is 5.67 Å². The Bertz CT molecular complexity index is 552. The summed E-state index contributed by atoms with van der Waals surface area (Å²) in [5.41, 5.74) is 3.24. The van der Waals surface area contributed by atoms with E-state index in [1.54, 1.807) is 13.8 Å². The maximum absolute atomic E-state index is 13.6. The second-order valence-electron chi connectivity index (χ2n) is 5.89. The molecule has 0 bridgehead atoms. The molecule has 1 nitrogen and oxygen atoms in total. The molecule has 0 amide bonds. The van der Waals surface area contributed by atoms with E-state index in [0.29, 0.717) is 6.42 Å². The second-order valence-corrected chi connectivity index (χ2v) is 5.89. The van der Waals surface area contributed by atoms with Gasteiger partial charge in [-0.1, -0.05) is 37.6 Å². The Balaban J connectivity index is 2.19. The molecule has 2 aromatic rings. The van der Waals surface area contributed by atoms with Gasteiger partial charge in [-0.05, 0) is 43.5 Å². The van der Waals surface area contributed by atoms with E-state index in [-0.39, 0.29) is 0 Å². The summed E-state index contributed by atoms with van der Waals surface area (Å²) in [5, 5.41) is 0. The predicted molar refractivity (Wildman–Crippen MR) is 82.6 cm³/mol. The third kappa shape index (κ3) is 4.16. The fraction of sp³-hybridized carbons (Fsp3) is 0.389. The zero-order valence-corrected chi connectivity index (χ0v) is 12.5. The van der Waals surface area contributed by atoms with Gasteiger partial charge in [0, 0.05) is 18.2 Å². The monoisotopic (exact) mass is 271 g/mol. The normalized spacial score (nSPS) is 11.6. The molecule has 0 unspecified atom stereocenters. The molecule has 0 fully saturated rings. The summed E-state index contributed by atoms with van der Waals surface area (Å²) in [7, 11) is 0. The van der Waals surface area contributed by atoms with Gasteiger partial charge in [0.2, 0.25) is 0 Å². The van der Waals surface area contributed by atoms with Crippen LogP contribution in [0.3, 0.4) is 0 Å². The molecule has 20 heavy (non-hydrogen) atoms. The quantitative estimate of drug-likeness (QED) is 0.746. The molecule has 0 saturated carbocycles. The van der Waals surface area contributed by atoms with E-state index >= 15 is 0 Å². The molecule has 1 heterocycles. The van der Waals surface area contributed by atoms with Gasteiger partial charge in [-0.2, -0.15) is 0 Å². The third-order valence-electron chi connectivity index (χ3n) is 3.24. The van der Waals surface area contributed by atoms with Gasteiger partial charge in [0.15, 0.2) is 0 Å². The Labute approximate surface area is 120 Å². The average molecular weight is 271 g/mol. The van der Waals surface area contributed by atoms with E-state index < -0.39 is 5.67 Å². The number of hydrogen-bond acceptors (Lipinski definition) is 1. The lowest BCUT2D eigenvalue weighted by Gasteiger charge is -2.14. The van der Waals surface area contributed by atoms with Crippen LogP contribution in [-0.4, -0.2) is 10.7 Å². The maximum Gasteiger partial charge on any atom is 0.109 e. The van der Waals surface area contributed by atoms with Crippen LogP contribution in [0.4, 0.5) is 4.39 Å². The first kappa shape index (κ1) is 14.7. The zero-order chi connectivity index (χ0) is 14.6. The number of aromatic nitrogens is 1. The molecule has 2 heteroatoms. The van der Waals surface area contributed by atoms with Crippen LogP contribution in [0.5, 0.6) is 0 Å². The molecule has 0 radical (unpaired) electrons. The van der Waals surface area contributed by atoms with Crippen molar-refractivity contribution in [2.45, 2.75) is 45.7 Å². The van der Waals surface area contributed by atoms with Crippen LogP contribution in [0, 0.1) is 0 Å². The molecule has 1 aromatic carbocycles. The number of halogens is 1. The van der Waals surface area contributed by atoms with Crippen molar-refractivity contribution in [1.82, 2.24) is 4.98 Å². The molecule has 0 saturated heterocycles. The van der Waals surface area contributed by atoms with Crippen LogP contribution in [0.15, 0.2) is 42.6 Å². The first-order valence-corrected chi connectivity index (χ1v) is 7.21. The smallest absolute Gasteiger partial charge is 0.109 e. The summed E-state index contributed by atoms with van der Waals surface area (Å²) in [6.45, 7) is 5.39.